The summed E-state index contributed by atoms with van der Waals surface area (Å²) < 4.78 is 5.80. The van der Waals surface area contributed by atoms with E-state index >= 15 is 0 Å². The van der Waals surface area contributed by atoms with E-state index in [4.69, 9.17) is 4.74 Å². The SMILES string of the molecule is COCCNC(=O)C=Cc1ccccc1Br. The van der Waals surface area contributed by atoms with Gasteiger partial charge in [0.25, 0.3) is 0 Å². The monoisotopic (exact) mass is 283 g/mol. The molecule has 16 heavy (non-hydrogen) atoms. The molecule has 4 heteroatoms. The molecule has 0 saturated carbocycles. The molecule has 1 aromatic rings. The zero-order valence-corrected chi connectivity index (χ0v) is 10.7. The number of rotatable bonds is 5. The highest BCUT2D eigenvalue weighted by Crippen LogP contribution is 2.16. The van der Waals surface area contributed by atoms with Gasteiger partial charge in [0, 0.05) is 24.2 Å². The summed E-state index contributed by atoms with van der Waals surface area (Å²) in [6, 6.07) is 7.72. The highest BCUT2D eigenvalue weighted by molar-refractivity contribution is 9.10. The summed E-state index contributed by atoms with van der Waals surface area (Å²) in [7, 11) is 1.60. The number of nitrogens with one attached hydrogen (secondary N) is 1. The van der Waals surface area contributed by atoms with Crippen LogP contribution in [0.25, 0.3) is 6.08 Å². The number of hydrogen-bond acceptors (Lipinski definition) is 2. The smallest absolute Gasteiger partial charge is 0.244 e. The number of carbonyl (C=O) groups is 1. The molecule has 0 aliphatic heterocycles. The Morgan fingerprint density at radius 1 is 1.50 bits per heavy atom. The molecular weight excluding hydrogens is 270 g/mol. The summed E-state index contributed by atoms with van der Waals surface area (Å²) in [6.07, 6.45) is 3.28. The molecule has 0 fully saturated rings. The fraction of sp³-hybridized carbons (Fsp3) is 0.250. The summed E-state index contributed by atoms with van der Waals surface area (Å²) in [5.74, 6) is -0.118. The first-order chi connectivity index (χ1) is 7.74. The van der Waals surface area contributed by atoms with Crippen molar-refractivity contribution < 1.29 is 9.53 Å². The molecule has 0 spiro atoms. The lowest BCUT2D eigenvalue weighted by Crippen LogP contribution is -2.24. The quantitative estimate of drug-likeness (QED) is 0.665. The van der Waals surface area contributed by atoms with Crippen LogP contribution in [0.4, 0.5) is 0 Å². The Morgan fingerprint density at radius 3 is 2.94 bits per heavy atom. The number of methoxy groups -OCH3 is 1. The van der Waals surface area contributed by atoms with Crippen LogP contribution >= 0.6 is 15.9 Å². The topological polar surface area (TPSA) is 38.3 Å². The molecule has 0 unspecified atom stereocenters. The Bertz CT molecular complexity index is 377. The van der Waals surface area contributed by atoms with Crippen molar-refractivity contribution in [3.05, 3.63) is 40.4 Å². The van der Waals surface area contributed by atoms with Crippen LogP contribution in [0.5, 0.6) is 0 Å². The van der Waals surface area contributed by atoms with Gasteiger partial charge in [0.1, 0.15) is 0 Å². The maximum atomic E-state index is 11.3. The molecule has 0 atom stereocenters. The van der Waals surface area contributed by atoms with Gasteiger partial charge in [0.15, 0.2) is 0 Å². The molecule has 86 valence electrons. The first kappa shape index (κ1) is 12.9. The van der Waals surface area contributed by atoms with E-state index in [1.54, 1.807) is 13.2 Å². The van der Waals surface area contributed by atoms with Crippen molar-refractivity contribution in [1.29, 1.82) is 0 Å². The van der Waals surface area contributed by atoms with Gasteiger partial charge in [-0.3, -0.25) is 4.79 Å². The second-order valence-corrected chi connectivity index (χ2v) is 3.99. The summed E-state index contributed by atoms with van der Waals surface area (Å²) >= 11 is 3.41. The molecule has 0 aromatic heterocycles. The zero-order valence-electron chi connectivity index (χ0n) is 9.07. The summed E-state index contributed by atoms with van der Waals surface area (Å²) in [6.45, 7) is 1.05. The van der Waals surface area contributed by atoms with Crippen LogP contribution in [0, 0.1) is 0 Å². The molecule has 1 aromatic carbocycles. The van der Waals surface area contributed by atoms with Crippen molar-refractivity contribution in [2.45, 2.75) is 0 Å². The lowest BCUT2D eigenvalue weighted by molar-refractivity contribution is -0.116. The maximum absolute atomic E-state index is 11.3. The predicted molar refractivity (Wildman–Crippen MR) is 68.1 cm³/mol. The van der Waals surface area contributed by atoms with E-state index in [-0.39, 0.29) is 5.91 Å². The Morgan fingerprint density at radius 2 is 2.25 bits per heavy atom. The van der Waals surface area contributed by atoms with Crippen molar-refractivity contribution in [3.8, 4) is 0 Å². The lowest BCUT2D eigenvalue weighted by Gasteiger charge is -2.00. The normalized spacial score (nSPS) is 10.6. The van der Waals surface area contributed by atoms with Crippen LogP contribution in [0.3, 0.4) is 0 Å². The fourth-order valence-corrected chi connectivity index (χ4v) is 1.53. The van der Waals surface area contributed by atoms with E-state index in [2.05, 4.69) is 21.2 Å². The third-order valence-corrected chi connectivity index (χ3v) is 2.65. The summed E-state index contributed by atoms with van der Waals surface area (Å²) in [4.78, 5) is 11.3. The summed E-state index contributed by atoms with van der Waals surface area (Å²) in [5.41, 5.74) is 0.976. The largest absolute Gasteiger partial charge is 0.383 e. The van der Waals surface area contributed by atoms with E-state index in [1.807, 2.05) is 24.3 Å². The second-order valence-electron chi connectivity index (χ2n) is 3.14. The van der Waals surface area contributed by atoms with Crippen LogP contribution < -0.4 is 5.32 Å². The maximum Gasteiger partial charge on any atom is 0.244 e. The van der Waals surface area contributed by atoms with Crippen LogP contribution in [0.2, 0.25) is 0 Å². The number of halogens is 1. The van der Waals surface area contributed by atoms with E-state index in [1.165, 1.54) is 6.08 Å². The number of ether oxygens (including phenoxy) is 1. The molecule has 1 N–H and O–H groups in total. The third-order valence-electron chi connectivity index (χ3n) is 1.92. The van der Waals surface area contributed by atoms with E-state index in [0.717, 1.165) is 10.0 Å². The van der Waals surface area contributed by atoms with Crippen LogP contribution in [-0.4, -0.2) is 26.2 Å². The molecular formula is C12H14BrNO2. The number of benzene rings is 1. The first-order valence-corrected chi connectivity index (χ1v) is 5.72. The Balaban J connectivity index is 2.47. The van der Waals surface area contributed by atoms with Gasteiger partial charge < -0.3 is 10.1 Å². The van der Waals surface area contributed by atoms with Gasteiger partial charge >= 0.3 is 0 Å². The summed E-state index contributed by atoms with van der Waals surface area (Å²) in [5, 5.41) is 2.71. The van der Waals surface area contributed by atoms with Gasteiger partial charge in [-0.15, -0.1) is 0 Å². The van der Waals surface area contributed by atoms with Gasteiger partial charge in [0.2, 0.25) is 5.91 Å². The minimum Gasteiger partial charge on any atom is -0.383 e. The molecule has 3 nitrogen and oxygen atoms in total. The highest BCUT2D eigenvalue weighted by atomic mass is 79.9. The standard InChI is InChI=1S/C12H14BrNO2/c1-16-9-8-14-12(15)7-6-10-4-2-3-5-11(10)13/h2-7H,8-9H2,1H3,(H,14,15). The molecule has 0 radical (unpaired) electrons. The van der Waals surface area contributed by atoms with Crippen LogP contribution in [0.1, 0.15) is 5.56 Å². The minimum absolute atomic E-state index is 0.118. The van der Waals surface area contributed by atoms with E-state index in [9.17, 15) is 4.79 Å². The fourth-order valence-electron chi connectivity index (χ4n) is 1.11. The number of amides is 1. The van der Waals surface area contributed by atoms with Crippen LogP contribution in [0.15, 0.2) is 34.8 Å². The Hall–Kier alpha value is -1.13. The number of carbonyl (C=O) groups excluding carboxylic acids is 1. The molecule has 0 heterocycles. The van der Waals surface area contributed by atoms with E-state index in [0.29, 0.717) is 13.2 Å². The van der Waals surface area contributed by atoms with Gasteiger partial charge in [-0.05, 0) is 17.7 Å². The third kappa shape index (κ3) is 4.59. The molecule has 1 rings (SSSR count). The van der Waals surface area contributed by atoms with Gasteiger partial charge in [-0.1, -0.05) is 34.1 Å². The molecule has 0 saturated heterocycles. The van der Waals surface area contributed by atoms with Gasteiger partial charge in [0.05, 0.1) is 6.61 Å². The average molecular weight is 284 g/mol. The molecule has 1 amide bonds. The van der Waals surface area contributed by atoms with Crippen molar-refractivity contribution in [3.63, 3.8) is 0 Å². The average Bonchev–Trinajstić information content (AvgIpc) is 2.28. The first-order valence-electron chi connectivity index (χ1n) is 4.93. The Kier molecular flexibility index (Phi) is 5.82. The van der Waals surface area contributed by atoms with Crippen molar-refractivity contribution >= 4 is 27.9 Å². The molecule has 0 aliphatic carbocycles. The van der Waals surface area contributed by atoms with Crippen molar-refractivity contribution in [2.75, 3.05) is 20.3 Å². The predicted octanol–water partition coefficient (Wildman–Crippen LogP) is 2.22. The zero-order chi connectivity index (χ0) is 11.8. The molecule has 0 bridgehead atoms. The van der Waals surface area contributed by atoms with E-state index < -0.39 is 0 Å². The van der Waals surface area contributed by atoms with Crippen molar-refractivity contribution in [1.82, 2.24) is 5.32 Å². The van der Waals surface area contributed by atoms with Crippen molar-refractivity contribution in [2.24, 2.45) is 0 Å². The van der Waals surface area contributed by atoms with Gasteiger partial charge in [-0.25, -0.2) is 0 Å². The highest BCUT2D eigenvalue weighted by Gasteiger charge is 1.96. The van der Waals surface area contributed by atoms with Crippen LogP contribution in [-0.2, 0) is 9.53 Å². The lowest BCUT2D eigenvalue weighted by atomic mass is 10.2. The minimum atomic E-state index is -0.118. The number of hydrogen-bond donors (Lipinski definition) is 1. The van der Waals surface area contributed by atoms with Gasteiger partial charge in [-0.2, -0.15) is 0 Å². The molecule has 0 aliphatic rings. The second kappa shape index (κ2) is 7.19. The Labute approximate surface area is 104 Å².